The fourth-order valence-electron chi connectivity index (χ4n) is 1.75. The third-order valence-electron chi connectivity index (χ3n) is 2.86. The number of aliphatic hydroxyl groups excluding tert-OH is 1. The molecule has 0 bridgehead atoms. The summed E-state index contributed by atoms with van der Waals surface area (Å²) in [5.74, 6) is 1.26. The van der Waals surface area contributed by atoms with Gasteiger partial charge in [-0.1, -0.05) is 6.92 Å². The zero-order valence-corrected chi connectivity index (χ0v) is 10.2. The van der Waals surface area contributed by atoms with Gasteiger partial charge in [0, 0.05) is 19.2 Å². The molecule has 1 aromatic rings. The van der Waals surface area contributed by atoms with E-state index in [9.17, 15) is 5.11 Å². The van der Waals surface area contributed by atoms with Crippen LogP contribution in [0.1, 0.15) is 13.3 Å². The van der Waals surface area contributed by atoms with Gasteiger partial charge < -0.3 is 10.0 Å². The van der Waals surface area contributed by atoms with Crippen molar-refractivity contribution in [2.45, 2.75) is 19.4 Å². The number of aliphatic hydroxyl groups is 1. The Hall–Kier alpha value is -0.680. The zero-order chi connectivity index (χ0) is 10.8. The summed E-state index contributed by atoms with van der Waals surface area (Å²) in [5, 5.41) is 9.78. The number of piperidine rings is 1. The molecule has 0 spiro atoms. The van der Waals surface area contributed by atoms with E-state index in [0.29, 0.717) is 12.5 Å². The highest BCUT2D eigenvalue weighted by molar-refractivity contribution is 9.10. The van der Waals surface area contributed by atoms with Gasteiger partial charge in [-0.15, -0.1) is 0 Å². The highest BCUT2D eigenvalue weighted by atomic mass is 79.9. The monoisotopic (exact) mass is 271 g/mol. The molecule has 0 aromatic carbocycles. The van der Waals surface area contributed by atoms with Gasteiger partial charge in [-0.25, -0.2) is 9.97 Å². The Labute approximate surface area is 97.5 Å². The molecule has 1 aliphatic heterocycles. The highest BCUT2D eigenvalue weighted by Gasteiger charge is 2.24. The first-order valence-electron chi connectivity index (χ1n) is 5.07. The molecule has 5 heteroatoms. The molecule has 0 saturated carbocycles. The van der Waals surface area contributed by atoms with Gasteiger partial charge >= 0.3 is 0 Å². The number of aromatic nitrogens is 2. The molecule has 4 nitrogen and oxygen atoms in total. The summed E-state index contributed by atoms with van der Waals surface area (Å²) < 4.78 is 0.778. The maximum atomic E-state index is 9.78. The van der Waals surface area contributed by atoms with Gasteiger partial charge in [0.15, 0.2) is 0 Å². The lowest BCUT2D eigenvalue weighted by molar-refractivity contribution is 0.102. The van der Waals surface area contributed by atoms with Gasteiger partial charge in [-0.05, 0) is 28.3 Å². The van der Waals surface area contributed by atoms with Crippen molar-refractivity contribution < 1.29 is 5.11 Å². The summed E-state index contributed by atoms with van der Waals surface area (Å²) in [4.78, 5) is 10.3. The predicted octanol–water partition coefficient (Wildman–Crippen LogP) is 1.45. The Morgan fingerprint density at radius 3 is 3.00 bits per heavy atom. The second-order valence-electron chi connectivity index (χ2n) is 3.98. The van der Waals surface area contributed by atoms with E-state index in [0.717, 1.165) is 23.4 Å². The Morgan fingerprint density at radius 2 is 2.33 bits per heavy atom. The van der Waals surface area contributed by atoms with Crippen LogP contribution in [0.5, 0.6) is 0 Å². The van der Waals surface area contributed by atoms with Crippen LogP contribution in [0.15, 0.2) is 17.0 Å². The molecule has 2 unspecified atom stereocenters. The highest BCUT2D eigenvalue weighted by Crippen LogP contribution is 2.22. The zero-order valence-electron chi connectivity index (χ0n) is 8.60. The van der Waals surface area contributed by atoms with Gasteiger partial charge in [0.2, 0.25) is 0 Å². The minimum absolute atomic E-state index is 0.257. The third kappa shape index (κ3) is 2.46. The normalized spacial score (nSPS) is 26.7. The lowest BCUT2D eigenvalue weighted by atomic mass is 9.96. The van der Waals surface area contributed by atoms with Gasteiger partial charge in [0.05, 0.1) is 6.10 Å². The van der Waals surface area contributed by atoms with Gasteiger partial charge in [-0.3, -0.25) is 0 Å². The number of hydrogen-bond donors (Lipinski definition) is 1. The molecule has 0 radical (unpaired) electrons. The Bertz CT molecular complexity index is 347. The largest absolute Gasteiger partial charge is 0.391 e. The number of anilines is 1. The lowest BCUT2D eigenvalue weighted by Gasteiger charge is -2.34. The first kappa shape index (κ1) is 10.8. The predicted molar refractivity (Wildman–Crippen MR) is 61.7 cm³/mol. The van der Waals surface area contributed by atoms with Crippen LogP contribution in [0.25, 0.3) is 0 Å². The fraction of sp³-hybridized carbons (Fsp3) is 0.600. The number of hydrogen-bond acceptors (Lipinski definition) is 4. The molecular weight excluding hydrogens is 258 g/mol. The molecule has 2 atom stereocenters. The van der Waals surface area contributed by atoms with Crippen molar-refractivity contribution in [2.75, 3.05) is 18.0 Å². The van der Waals surface area contributed by atoms with E-state index in [4.69, 9.17) is 0 Å². The van der Waals surface area contributed by atoms with Crippen LogP contribution >= 0.6 is 15.9 Å². The molecule has 0 aliphatic carbocycles. The molecule has 1 N–H and O–H groups in total. The molecule has 82 valence electrons. The molecule has 2 rings (SSSR count). The van der Waals surface area contributed by atoms with Crippen LogP contribution in [-0.2, 0) is 0 Å². The second-order valence-corrected chi connectivity index (χ2v) is 4.79. The lowest BCUT2D eigenvalue weighted by Crippen LogP contribution is -2.43. The summed E-state index contributed by atoms with van der Waals surface area (Å²) in [7, 11) is 0. The standard InChI is InChI=1S/C10H14BrN3O/c1-7-2-3-14(5-8(7)15)10-4-9(11)12-6-13-10/h4,6-8,15H,2-3,5H2,1H3. The first-order chi connectivity index (χ1) is 7.16. The van der Waals surface area contributed by atoms with Gasteiger partial charge in [0.1, 0.15) is 16.7 Å². The Kier molecular flexibility index (Phi) is 3.21. The summed E-state index contributed by atoms with van der Waals surface area (Å²) in [6.45, 7) is 3.68. The summed E-state index contributed by atoms with van der Waals surface area (Å²) >= 11 is 3.32. The van der Waals surface area contributed by atoms with E-state index in [2.05, 4.69) is 37.7 Å². The quantitative estimate of drug-likeness (QED) is 0.786. The number of halogens is 1. The molecule has 1 aromatic heterocycles. The van der Waals surface area contributed by atoms with Gasteiger partial charge in [-0.2, -0.15) is 0 Å². The van der Waals surface area contributed by atoms with E-state index in [1.807, 2.05) is 6.07 Å². The maximum Gasteiger partial charge on any atom is 0.133 e. The summed E-state index contributed by atoms with van der Waals surface area (Å²) in [6.07, 6.45) is 2.28. The number of rotatable bonds is 1. The minimum atomic E-state index is -0.257. The van der Waals surface area contributed by atoms with Crippen molar-refractivity contribution in [3.8, 4) is 0 Å². The fourth-order valence-corrected chi connectivity index (χ4v) is 2.05. The SMILES string of the molecule is CC1CCN(c2cc(Br)ncn2)CC1O. The number of β-amino-alcohol motifs (C(OH)–C–C–N with tert-alkyl or cyclic N) is 1. The smallest absolute Gasteiger partial charge is 0.133 e. The van der Waals surface area contributed by atoms with Crippen LogP contribution in [0.4, 0.5) is 5.82 Å². The average molecular weight is 272 g/mol. The summed E-state index contributed by atoms with van der Waals surface area (Å²) in [6, 6.07) is 1.88. The van der Waals surface area contributed by atoms with Crippen LogP contribution in [0.2, 0.25) is 0 Å². The molecule has 1 aliphatic rings. The molecule has 0 amide bonds. The Morgan fingerprint density at radius 1 is 1.53 bits per heavy atom. The molecule has 1 saturated heterocycles. The molecule has 2 heterocycles. The van der Waals surface area contributed by atoms with Crippen molar-refractivity contribution in [2.24, 2.45) is 5.92 Å². The third-order valence-corrected chi connectivity index (χ3v) is 3.30. The van der Waals surface area contributed by atoms with Crippen molar-refractivity contribution >= 4 is 21.7 Å². The second kappa shape index (κ2) is 4.45. The van der Waals surface area contributed by atoms with Crippen LogP contribution in [0, 0.1) is 5.92 Å². The maximum absolute atomic E-state index is 9.78. The van der Waals surface area contributed by atoms with Crippen molar-refractivity contribution in [3.63, 3.8) is 0 Å². The molecule has 1 fully saturated rings. The van der Waals surface area contributed by atoms with Crippen molar-refractivity contribution in [1.82, 2.24) is 9.97 Å². The van der Waals surface area contributed by atoms with E-state index >= 15 is 0 Å². The van der Waals surface area contributed by atoms with Crippen molar-refractivity contribution in [3.05, 3.63) is 17.0 Å². The van der Waals surface area contributed by atoms with Crippen LogP contribution in [-0.4, -0.2) is 34.3 Å². The summed E-state index contributed by atoms with van der Waals surface area (Å²) in [5.41, 5.74) is 0. The molecular formula is C10H14BrN3O. The molecule has 15 heavy (non-hydrogen) atoms. The van der Waals surface area contributed by atoms with Crippen LogP contribution < -0.4 is 4.90 Å². The van der Waals surface area contributed by atoms with Crippen molar-refractivity contribution in [1.29, 1.82) is 0 Å². The van der Waals surface area contributed by atoms with E-state index < -0.39 is 0 Å². The number of nitrogens with zero attached hydrogens (tertiary/aromatic N) is 3. The Balaban J connectivity index is 2.12. The first-order valence-corrected chi connectivity index (χ1v) is 5.86. The average Bonchev–Trinajstić information content (AvgIpc) is 2.22. The van der Waals surface area contributed by atoms with E-state index in [1.54, 1.807) is 0 Å². The van der Waals surface area contributed by atoms with E-state index in [1.165, 1.54) is 6.33 Å². The van der Waals surface area contributed by atoms with Gasteiger partial charge in [0.25, 0.3) is 0 Å². The topological polar surface area (TPSA) is 49.2 Å². The van der Waals surface area contributed by atoms with Crippen LogP contribution in [0.3, 0.4) is 0 Å². The minimum Gasteiger partial charge on any atom is -0.391 e. The van der Waals surface area contributed by atoms with E-state index in [-0.39, 0.29) is 6.10 Å².